The van der Waals surface area contributed by atoms with Crippen LogP contribution in [0.15, 0.2) is 0 Å². The van der Waals surface area contributed by atoms with Gasteiger partial charge in [-0.3, -0.25) is 0 Å². The lowest BCUT2D eigenvalue weighted by molar-refractivity contribution is 0.120. The lowest BCUT2D eigenvalue weighted by Crippen LogP contribution is -2.48. The monoisotopic (exact) mass is 293 g/mol. The molecule has 1 fully saturated rings. The van der Waals surface area contributed by atoms with Gasteiger partial charge in [0.05, 0.1) is 6.10 Å². The number of carbonyl (C=O) groups is 1. The summed E-state index contributed by atoms with van der Waals surface area (Å²) < 4.78 is 31.8. The molecule has 0 radical (unpaired) electrons. The van der Waals surface area contributed by atoms with Crippen molar-refractivity contribution in [2.24, 2.45) is 5.73 Å². The highest BCUT2D eigenvalue weighted by molar-refractivity contribution is 7.87. The zero-order valence-corrected chi connectivity index (χ0v) is 12.4. The third-order valence-electron chi connectivity index (χ3n) is 3.19. The highest BCUT2D eigenvalue weighted by atomic mass is 32.2. The second-order valence-electron chi connectivity index (χ2n) is 5.15. The van der Waals surface area contributed by atoms with Crippen LogP contribution < -0.4 is 10.5 Å². The molecule has 0 bridgehead atoms. The van der Waals surface area contributed by atoms with Crippen LogP contribution in [-0.2, 0) is 14.9 Å². The van der Waals surface area contributed by atoms with Gasteiger partial charge in [-0.2, -0.15) is 12.7 Å². The molecule has 1 amide bonds. The largest absolute Gasteiger partial charge is 0.446 e. The van der Waals surface area contributed by atoms with Crippen molar-refractivity contribution >= 4 is 16.3 Å². The van der Waals surface area contributed by atoms with Crippen LogP contribution in [0.1, 0.15) is 39.5 Å². The summed E-state index contributed by atoms with van der Waals surface area (Å²) in [6, 6.07) is 0.0235. The summed E-state index contributed by atoms with van der Waals surface area (Å²) in [5, 5.41) is 0. The molecule has 0 saturated heterocycles. The highest BCUT2D eigenvalue weighted by Crippen LogP contribution is 2.22. The van der Waals surface area contributed by atoms with Crippen molar-refractivity contribution in [1.82, 2.24) is 9.03 Å². The zero-order chi connectivity index (χ0) is 14.6. The third-order valence-corrected chi connectivity index (χ3v) is 4.67. The molecule has 0 heterocycles. The zero-order valence-electron chi connectivity index (χ0n) is 11.6. The number of hydrogen-bond donors (Lipinski definition) is 2. The summed E-state index contributed by atoms with van der Waals surface area (Å²) in [5.41, 5.74) is 5.78. The van der Waals surface area contributed by atoms with Crippen LogP contribution in [-0.4, -0.2) is 44.1 Å². The van der Waals surface area contributed by atoms with Crippen LogP contribution in [0.3, 0.4) is 0 Å². The Morgan fingerprint density at radius 1 is 1.32 bits per heavy atom. The fourth-order valence-electron chi connectivity index (χ4n) is 2.08. The lowest BCUT2D eigenvalue weighted by atomic mass is 9.92. The maximum atomic E-state index is 12.0. The minimum absolute atomic E-state index is 0.121. The molecule has 8 heteroatoms. The van der Waals surface area contributed by atoms with E-state index in [0.717, 1.165) is 12.8 Å². The fourth-order valence-corrected chi connectivity index (χ4v) is 3.08. The molecule has 1 aliphatic rings. The second-order valence-corrected chi connectivity index (χ2v) is 6.88. The van der Waals surface area contributed by atoms with E-state index in [-0.39, 0.29) is 18.2 Å². The first kappa shape index (κ1) is 16.2. The smallest absolute Gasteiger partial charge is 0.422 e. The van der Waals surface area contributed by atoms with Gasteiger partial charge >= 0.3 is 16.3 Å². The molecule has 0 aromatic heterocycles. The molecule has 0 aromatic rings. The highest BCUT2D eigenvalue weighted by Gasteiger charge is 2.31. The Hall–Kier alpha value is -0.860. The number of nitrogens with zero attached hydrogens (tertiary/aromatic N) is 1. The Morgan fingerprint density at radius 2 is 1.84 bits per heavy atom. The van der Waals surface area contributed by atoms with Gasteiger partial charge < -0.3 is 10.5 Å². The molecule has 0 atom stereocenters. The predicted molar refractivity (Wildman–Crippen MR) is 71.7 cm³/mol. The molecule has 19 heavy (non-hydrogen) atoms. The Labute approximate surface area is 114 Å². The summed E-state index contributed by atoms with van der Waals surface area (Å²) in [6.07, 6.45) is 1.68. The SMILES string of the molecule is CC(C)OC(=O)NS(=O)(=O)N(C)C1CCC(N)CC1. The normalized spacial score (nSPS) is 24.5. The first-order valence-electron chi connectivity index (χ1n) is 6.44. The maximum Gasteiger partial charge on any atom is 0.422 e. The van der Waals surface area contributed by atoms with Crippen molar-refractivity contribution in [2.75, 3.05) is 7.05 Å². The first-order valence-corrected chi connectivity index (χ1v) is 7.88. The molecule has 1 aliphatic carbocycles. The van der Waals surface area contributed by atoms with E-state index in [9.17, 15) is 13.2 Å². The van der Waals surface area contributed by atoms with Crippen molar-refractivity contribution in [3.05, 3.63) is 0 Å². The Balaban J connectivity index is 2.59. The van der Waals surface area contributed by atoms with Crippen molar-refractivity contribution < 1.29 is 17.9 Å². The minimum Gasteiger partial charge on any atom is -0.446 e. The van der Waals surface area contributed by atoms with Crippen LogP contribution in [0.4, 0.5) is 4.79 Å². The van der Waals surface area contributed by atoms with E-state index in [2.05, 4.69) is 0 Å². The van der Waals surface area contributed by atoms with E-state index >= 15 is 0 Å². The number of nitrogens with one attached hydrogen (secondary N) is 1. The van der Waals surface area contributed by atoms with Gasteiger partial charge in [0.15, 0.2) is 0 Å². The van der Waals surface area contributed by atoms with E-state index < -0.39 is 16.3 Å². The molecule has 7 nitrogen and oxygen atoms in total. The van der Waals surface area contributed by atoms with Crippen molar-refractivity contribution in [1.29, 1.82) is 0 Å². The number of amides is 1. The Kier molecular flexibility index (Phi) is 5.57. The second kappa shape index (κ2) is 6.53. The minimum atomic E-state index is -3.85. The van der Waals surface area contributed by atoms with E-state index in [1.807, 2.05) is 4.72 Å². The van der Waals surface area contributed by atoms with Gasteiger partial charge in [0.25, 0.3) is 0 Å². The number of carbonyl (C=O) groups excluding carboxylic acids is 1. The van der Waals surface area contributed by atoms with Crippen molar-refractivity contribution in [3.8, 4) is 0 Å². The summed E-state index contributed by atoms with van der Waals surface area (Å²) in [7, 11) is -2.39. The van der Waals surface area contributed by atoms with Gasteiger partial charge in [-0.25, -0.2) is 9.52 Å². The number of rotatable bonds is 4. The standard InChI is InChI=1S/C11H23N3O4S/c1-8(2)18-11(15)13-19(16,17)14(3)10-6-4-9(12)5-7-10/h8-10H,4-7,12H2,1-3H3,(H,13,15). The van der Waals surface area contributed by atoms with Crippen molar-refractivity contribution in [3.63, 3.8) is 0 Å². The summed E-state index contributed by atoms with van der Waals surface area (Å²) >= 11 is 0. The average molecular weight is 293 g/mol. The van der Waals surface area contributed by atoms with Crippen LogP contribution in [0.2, 0.25) is 0 Å². The Morgan fingerprint density at radius 3 is 2.32 bits per heavy atom. The molecule has 3 N–H and O–H groups in total. The third kappa shape index (κ3) is 4.96. The quantitative estimate of drug-likeness (QED) is 0.789. The van der Waals surface area contributed by atoms with Gasteiger partial charge in [0, 0.05) is 19.1 Å². The lowest BCUT2D eigenvalue weighted by Gasteiger charge is -2.32. The van der Waals surface area contributed by atoms with E-state index in [0.29, 0.717) is 12.8 Å². The van der Waals surface area contributed by atoms with Gasteiger partial charge in [-0.1, -0.05) is 0 Å². The number of ether oxygens (including phenoxy) is 1. The van der Waals surface area contributed by atoms with Gasteiger partial charge in [-0.15, -0.1) is 0 Å². The van der Waals surface area contributed by atoms with E-state index in [4.69, 9.17) is 10.5 Å². The number of nitrogens with two attached hydrogens (primary N) is 1. The first-order chi connectivity index (χ1) is 8.72. The molecule has 0 unspecified atom stereocenters. The molecule has 0 aromatic carbocycles. The molecular weight excluding hydrogens is 270 g/mol. The molecular formula is C11H23N3O4S. The molecule has 112 valence electrons. The predicted octanol–water partition coefficient (Wildman–Crippen LogP) is 0.568. The summed E-state index contributed by atoms with van der Waals surface area (Å²) in [5.74, 6) is 0. The van der Waals surface area contributed by atoms with Crippen LogP contribution in [0, 0.1) is 0 Å². The van der Waals surface area contributed by atoms with Crippen LogP contribution in [0.5, 0.6) is 0 Å². The topological polar surface area (TPSA) is 102 Å². The van der Waals surface area contributed by atoms with Gasteiger partial charge in [0.2, 0.25) is 0 Å². The summed E-state index contributed by atoms with van der Waals surface area (Å²) in [4.78, 5) is 11.3. The Bertz CT molecular complexity index is 402. The van der Waals surface area contributed by atoms with E-state index in [1.165, 1.54) is 11.4 Å². The average Bonchev–Trinajstić information content (AvgIpc) is 2.27. The fraction of sp³-hybridized carbons (Fsp3) is 0.909. The van der Waals surface area contributed by atoms with E-state index in [1.54, 1.807) is 13.8 Å². The molecule has 0 spiro atoms. The summed E-state index contributed by atoms with van der Waals surface area (Å²) in [6.45, 7) is 3.30. The molecule has 1 saturated carbocycles. The molecule has 1 rings (SSSR count). The van der Waals surface area contributed by atoms with Gasteiger partial charge in [0.1, 0.15) is 0 Å². The number of hydrogen-bond acceptors (Lipinski definition) is 5. The van der Waals surface area contributed by atoms with Crippen LogP contribution in [0.25, 0.3) is 0 Å². The van der Waals surface area contributed by atoms with Crippen LogP contribution >= 0.6 is 0 Å². The maximum absolute atomic E-state index is 12.0. The van der Waals surface area contributed by atoms with Gasteiger partial charge in [-0.05, 0) is 39.5 Å². The van der Waals surface area contributed by atoms with Crippen molar-refractivity contribution in [2.45, 2.75) is 57.7 Å². The molecule has 0 aliphatic heterocycles.